The standard InChI is InChI=1S/C13H12N4O/c1-18-12-4-2-3-9(7-14)13(12)17-11-5-6-16-8-10(11)15/h2-6,8H,15H2,1H3,(H,16,17). The number of para-hydroxylation sites is 1. The molecule has 3 N–H and O–H groups in total. The molecule has 0 saturated heterocycles. The van der Waals surface area contributed by atoms with Crippen LogP contribution in [0.3, 0.4) is 0 Å². The second kappa shape index (κ2) is 5.06. The van der Waals surface area contributed by atoms with Crippen molar-refractivity contribution in [1.29, 1.82) is 5.26 Å². The number of aromatic nitrogens is 1. The summed E-state index contributed by atoms with van der Waals surface area (Å²) in [5.74, 6) is 0.588. The smallest absolute Gasteiger partial charge is 0.143 e. The lowest BCUT2D eigenvalue weighted by Gasteiger charge is -2.13. The van der Waals surface area contributed by atoms with E-state index in [1.54, 1.807) is 43.8 Å². The number of methoxy groups -OCH3 is 1. The quantitative estimate of drug-likeness (QED) is 0.859. The lowest BCUT2D eigenvalue weighted by atomic mass is 10.1. The number of nitrogens with one attached hydrogen (secondary N) is 1. The molecule has 18 heavy (non-hydrogen) atoms. The molecule has 0 aliphatic rings. The second-order valence-electron chi connectivity index (χ2n) is 3.58. The molecule has 0 atom stereocenters. The molecule has 1 heterocycles. The van der Waals surface area contributed by atoms with Gasteiger partial charge in [-0.3, -0.25) is 4.98 Å². The maximum Gasteiger partial charge on any atom is 0.143 e. The largest absolute Gasteiger partial charge is 0.495 e. The van der Waals surface area contributed by atoms with Crippen LogP contribution in [-0.2, 0) is 0 Å². The fourth-order valence-corrected chi connectivity index (χ4v) is 1.58. The highest BCUT2D eigenvalue weighted by Crippen LogP contribution is 2.32. The summed E-state index contributed by atoms with van der Waals surface area (Å²) in [6.07, 6.45) is 3.17. The predicted octanol–water partition coefficient (Wildman–Crippen LogP) is 2.29. The van der Waals surface area contributed by atoms with Gasteiger partial charge in [-0.05, 0) is 18.2 Å². The Morgan fingerprint density at radius 1 is 1.39 bits per heavy atom. The Hall–Kier alpha value is -2.74. The summed E-state index contributed by atoms with van der Waals surface area (Å²) >= 11 is 0. The molecule has 5 nitrogen and oxygen atoms in total. The minimum absolute atomic E-state index is 0.491. The number of pyridine rings is 1. The van der Waals surface area contributed by atoms with Gasteiger partial charge in [0.15, 0.2) is 0 Å². The summed E-state index contributed by atoms with van der Waals surface area (Å²) in [5, 5.41) is 12.2. The molecule has 2 aromatic rings. The number of nitriles is 1. The number of benzene rings is 1. The van der Waals surface area contributed by atoms with E-state index in [-0.39, 0.29) is 0 Å². The number of nitrogen functional groups attached to an aromatic ring is 1. The molecule has 0 aliphatic heterocycles. The topological polar surface area (TPSA) is 84.0 Å². The van der Waals surface area contributed by atoms with Crippen molar-refractivity contribution in [2.45, 2.75) is 0 Å². The summed E-state index contributed by atoms with van der Waals surface area (Å²) in [5.41, 5.74) is 8.08. The molecule has 0 bridgehead atoms. The predicted molar refractivity (Wildman–Crippen MR) is 69.6 cm³/mol. The summed E-state index contributed by atoms with van der Waals surface area (Å²) in [6, 6.07) is 9.10. The molecule has 0 radical (unpaired) electrons. The summed E-state index contributed by atoms with van der Waals surface area (Å²) in [7, 11) is 1.55. The Morgan fingerprint density at radius 2 is 2.22 bits per heavy atom. The Labute approximate surface area is 105 Å². The van der Waals surface area contributed by atoms with E-state index in [1.807, 2.05) is 0 Å². The lowest BCUT2D eigenvalue weighted by molar-refractivity contribution is 0.416. The van der Waals surface area contributed by atoms with Crippen LogP contribution in [0.4, 0.5) is 17.1 Å². The molecule has 90 valence electrons. The zero-order valence-electron chi connectivity index (χ0n) is 9.84. The van der Waals surface area contributed by atoms with Crippen molar-refractivity contribution >= 4 is 17.1 Å². The van der Waals surface area contributed by atoms with Gasteiger partial charge in [0.25, 0.3) is 0 Å². The normalized spacial score (nSPS) is 9.56. The maximum atomic E-state index is 9.10. The van der Waals surface area contributed by atoms with Gasteiger partial charge >= 0.3 is 0 Å². The van der Waals surface area contributed by atoms with Crippen LogP contribution < -0.4 is 15.8 Å². The molecule has 5 heteroatoms. The molecule has 0 spiro atoms. The molecule has 0 aliphatic carbocycles. The maximum absolute atomic E-state index is 9.10. The van der Waals surface area contributed by atoms with Crippen LogP contribution >= 0.6 is 0 Å². The zero-order valence-corrected chi connectivity index (χ0v) is 9.84. The fraction of sp³-hybridized carbons (Fsp3) is 0.0769. The van der Waals surface area contributed by atoms with E-state index in [0.717, 1.165) is 0 Å². The van der Waals surface area contributed by atoms with Gasteiger partial charge < -0.3 is 15.8 Å². The van der Waals surface area contributed by atoms with Crippen molar-refractivity contribution in [1.82, 2.24) is 4.98 Å². The molecule has 0 fully saturated rings. The van der Waals surface area contributed by atoms with Crippen molar-refractivity contribution in [3.8, 4) is 11.8 Å². The Kier molecular flexibility index (Phi) is 3.30. The van der Waals surface area contributed by atoms with E-state index in [2.05, 4.69) is 16.4 Å². The van der Waals surface area contributed by atoms with E-state index in [9.17, 15) is 0 Å². The number of hydrogen-bond donors (Lipinski definition) is 2. The third kappa shape index (κ3) is 2.18. The average molecular weight is 240 g/mol. The summed E-state index contributed by atoms with van der Waals surface area (Å²) in [4.78, 5) is 3.91. The second-order valence-corrected chi connectivity index (χ2v) is 3.58. The highest BCUT2D eigenvalue weighted by molar-refractivity contribution is 5.78. The number of rotatable bonds is 3. The molecule has 2 rings (SSSR count). The zero-order chi connectivity index (χ0) is 13.0. The molecule has 0 unspecified atom stereocenters. The highest BCUT2D eigenvalue weighted by Gasteiger charge is 2.10. The monoisotopic (exact) mass is 240 g/mol. The van der Waals surface area contributed by atoms with Gasteiger partial charge in [0.05, 0.1) is 35.9 Å². The van der Waals surface area contributed by atoms with Crippen LogP contribution in [0.5, 0.6) is 5.75 Å². The number of anilines is 3. The molecule has 0 amide bonds. The lowest BCUT2D eigenvalue weighted by Crippen LogP contribution is -2.00. The van der Waals surface area contributed by atoms with Gasteiger partial charge in [0, 0.05) is 6.20 Å². The van der Waals surface area contributed by atoms with Gasteiger partial charge in [-0.25, -0.2) is 0 Å². The first-order valence-electron chi connectivity index (χ1n) is 5.30. The van der Waals surface area contributed by atoms with Gasteiger partial charge in [-0.15, -0.1) is 0 Å². The highest BCUT2D eigenvalue weighted by atomic mass is 16.5. The molecular weight excluding hydrogens is 228 g/mol. The first-order valence-corrected chi connectivity index (χ1v) is 5.30. The summed E-state index contributed by atoms with van der Waals surface area (Å²) in [6.45, 7) is 0. The number of nitrogens with zero attached hydrogens (tertiary/aromatic N) is 2. The van der Waals surface area contributed by atoms with Gasteiger partial charge in [-0.1, -0.05) is 6.07 Å². The SMILES string of the molecule is COc1cccc(C#N)c1Nc1ccncc1N. The first-order chi connectivity index (χ1) is 8.76. The van der Waals surface area contributed by atoms with Crippen LogP contribution in [0.2, 0.25) is 0 Å². The van der Waals surface area contributed by atoms with Crippen molar-refractivity contribution in [2.24, 2.45) is 0 Å². The van der Waals surface area contributed by atoms with Crippen LogP contribution in [0, 0.1) is 11.3 Å². The Bertz CT molecular complexity index is 604. The average Bonchev–Trinajstić information content (AvgIpc) is 2.41. The van der Waals surface area contributed by atoms with Crippen molar-refractivity contribution in [3.05, 3.63) is 42.2 Å². The first kappa shape index (κ1) is 11.7. The van der Waals surface area contributed by atoms with Crippen molar-refractivity contribution < 1.29 is 4.74 Å². The van der Waals surface area contributed by atoms with Crippen LogP contribution in [0.25, 0.3) is 0 Å². The van der Waals surface area contributed by atoms with Crippen molar-refractivity contribution in [2.75, 3.05) is 18.2 Å². The fourth-order valence-electron chi connectivity index (χ4n) is 1.58. The number of hydrogen-bond acceptors (Lipinski definition) is 5. The number of nitrogens with two attached hydrogens (primary N) is 1. The minimum atomic E-state index is 0.491. The summed E-state index contributed by atoms with van der Waals surface area (Å²) < 4.78 is 5.23. The van der Waals surface area contributed by atoms with E-state index >= 15 is 0 Å². The van der Waals surface area contributed by atoms with Crippen LogP contribution in [0.1, 0.15) is 5.56 Å². The van der Waals surface area contributed by atoms with E-state index in [4.69, 9.17) is 15.7 Å². The van der Waals surface area contributed by atoms with Crippen LogP contribution in [0.15, 0.2) is 36.7 Å². The van der Waals surface area contributed by atoms with E-state index in [0.29, 0.717) is 28.4 Å². The number of ether oxygens (including phenoxy) is 1. The van der Waals surface area contributed by atoms with E-state index < -0.39 is 0 Å². The third-order valence-electron chi connectivity index (χ3n) is 2.48. The van der Waals surface area contributed by atoms with E-state index in [1.165, 1.54) is 0 Å². The molecule has 1 aromatic heterocycles. The van der Waals surface area contributed by atoms with Crippen LogP contribution in [-0.4, -0.2) is 12.1 Å². The minimum Gasteiger partial charge on any atom is -0.495 e. The third-order valence-corrected chi connectivity index (χ3v) is 2.48. The van der Waals surface area contributed by atoms with Gasteiger partial charge in [-0.2, -0.15) is 5.26 Å². The Balaban J connectivity index is 2.46. The van der Waals surface area contributed by atoms with Crippen molar-refractivity contribution in [3.63, 3.8) is 0 Å². The molecule has 0 saturated carbocycles. The molecular formula is C13H12N4O. The van der Waals surface area contributed by atoms with Gasteiger partial charge in [0.1, 0.15) is 11.8 Å². The van der Waals surface area contributed by atoms with Gasteiger partial charge in [0.2, 0.25) is 0 Å². The molecule has 1 aromatic carbocycles. The Morgan fingerprint density at radius 3 is 2.89 bits per heavy atom.